The number of carbonyl (C=O) groups excluding carboxylic acids is 2. The second-order valence-corrected chi connectivity index (χ2v) is 10.1. The smallest absolute Gasteiger partial charge is 0.331 e. The lowest BCUT2D eigenvalue weighted by Crippen LogP contribution is -2.56. The summed E-state index contributed by atoms with van der Waals surface area (Å²) in [4.78, 5) is 26.7. The van der Waals surface area contributed by atoms with Gasteiger partial charge in [-0.05, 0) is 37.2 Å². The van der Waals surface area contributed by atoms with Crippen LogP contribution in [0.3, 0.4) is 0 Å². The third-order valence-electron chi connectivity index (χ3n) is 7.87. The summed E-state index contributed by atoms with van der Waals surface area (Å²) in [5.74, 6) is -1.41. The number of ether oxygens (including phenoxy) is 1. The second-order valence-electron chi connectivity index (χ2n) is 10.1. The Morgan fingerprint density at radius 2 is 1.85 bits per heavy atom. The van der Waals surface area contributed by atoms with Gasteiger partial charge in [0.15, 0.2) is 0 Å². The molecular weight excluding hydrogens is 414 g/mol. The van der Waals surface area contributed by atoms with E-state index >= 15 is 0 Å². The van der Waals surface area contributed by atoms with Crippen LogP contribution >= 0.6 is 0 Å². The molecule has 1 aromatic rings. The fourth-order valence-corrected chi connectivity index (χ4v) is 5.83. The minimum Gasteiger partial charge on any atom is -0.444 e. The van der Waals surface area contributed by atoms with Crippen molar-refractivity contribution in [1.29, 1.82) is 0 Å². The molecule has 2 heterocycles. The van der Waals surface area contributed by atoms with Crippen molar-refractivity contribution in [2.75, 3.05) is 0 Å². The topological polar surface area (TPSA) is 75.6 Å². The van der Waals surface area contributed by atoms with Crippen molar-refractivity contribution in [1.82, 2.24) is 5.32 Å². The zero-order chi connectivity index (χ0) is 23.8. The van der Waals surface area contributed by atoms with Gasteiger partial charge in [0, 0.05) is 29.9 Å². The largest absolute Gasteiger partial charge is 0.444 e. The maximum Gasteiger partial charge on any atom is 0.331 e. The molecule has 33 heavy (non-hydrogen) atoms. The van der Waals surface area contributed by atoms with Gasteiger partial charge in [0.1, 0.15) is 0 Å². The standard InChI is InChI=1S/C28H35NO4/c1-17-9-8-12-22-15-19(3)20(4)25-23(16-21-10-6-5-7-11-21)29-27(32)28(22,25)33-24(30)14-13-18(2)26(17)31/h5-8,10-15,17-18,20,22-23,25-26,31H,9,16H2,1-4H3,(H,29,32)/t17-,18-,20+,22-,23-,25-,26+,28-/m0/s1. The van der Waals surface area contributed by atoms with Gasteiger partial charge in [0.05, 0.1) is 6.10 Å². The average molecular weight is 450 g/mol. The van der Waals surface area contributed by atoms with Crippen LogP contribution in [-0.4, -0.2) is 34.7 Å². The molecule has 5 nitrogen and oxygen atoms in total. The third-order valence-corrected chi connectivity index (χ3v) is 7.87. The van der Waals surface area contributed by atoms with Crippen molar-refractivity contribution in [3.8, 4) is 0 Å². The lowest BCUT2D eigenvalue weighted by atomic mass is 9.63. The summed E-state index contributed by atoms with van der Waals surface area (Å²) in [6, 6.07) is 9.97. The highest BCUT2D eigenvalue weighted by Crippen LogP contribution is 2.50. The maximum absolute atomic E-state index is 13.6. The van der Waals surface area contributed by atoms with E-state index in [1.54, 1.807) is 6.08 Å². The molecule has 1 saturated heterocycles. The molecule has 5 heteroatoms. The number of aliphatic hydroxyl groups excluding tert-OH is 1. The van der Waals surface area contributed by atoms with Crippen LogP contribution in [0.5, 0.6) is 0 Å². The molecule has 1 spiro atoms. The number of hydrogen-bond acceptors (Lipinski definition) is 4. The van der Waals surface area contributed by atoms with Crippen molar-refractivity contribution in [2.45, 2.75) is 58.3 Å². The Hall–Kier alpha value is -2.66. The van der Waals surface area contributed by atoms with Crippen molar-refractivity contribution in [3.05, 3.63) is 71.8 Å². The fraction of sp³-hybridized carbons (Fsp3) is 0.500. The highest BCUT2D eigenvalue weighted by molar-refractivity contribution is 5.94. The van der Waals surface area contributed by atoms with Gasteiger partial charge in [0.25, 0.3) is 5.91 Å². The predicted molar refractivity (Wildman–Crippen MR) is 128 cm³/mol. The molecule has 0 bridgehead atoms. The molecule has 0 unspecified atom stereocenters. The van der Waals surface area contributed by atoms with E-state index in [1.807, 2.05) is 44.2 Å². The van der Waals surface area contributed by atoms with E-state index in [0.29, 0.717) is 12.8 Å². The van der Waals surface area contributed by atoms with Crippen molar-refractivity contribution in [3.63, 3.8) is 0 Å². The molecule has 3 aliphatic rings. The van der Waals surface area contributed by atoms with Crippen LogP contribution in [0.2, 0.25) is 0 Å². The number of rotatable bonds is 2. The van der Waals surface area contributed by atoms with Crippen molar-refractivity contribution < 1.29 is 19.4 Å². The lowest BCUT2D eigenvalue weighted by molar-refractivity contribution is -0.172. The molecule has 1 aliphatic carbocycles. The summed E-state index contributed by atoms with van der Waals surface area (Å²) >= 11 is 0. The summed E-state index contributed by atoms with van der Waals surface area (Å²) in [5, 5.41) is 13.8. The zero-order valence-electron chi connectivity index (χ0n) is 19.9. The number of aliphatic hydroxyl groups is 1. The molecule has 8 atom stereocenters. The molecule has 1 aromatic carbocycles. The van der Waals surface area contributed by atoms with Gasteiger partial charge < -0.3 is 15.2 Å². The van der Waals surface area contributed by atoms with Gasteiger partial charge in [-0.2, -0.15) is 0 Å². The molecule has 2 aliphatic heterocycles. The summed E-state index contributed by atoms with van der Waals surface area (Å²) in [7, 11) is 0. The van der Waals surface area contributed by atoms with Crippen LogP contribution < -0.4 is 5.32 Å². The van der Waals surface area contributed by atoms with Gasteiger partial charge in [-0.3, -0.25) is 4.79 Å². The van der Waals surface area contributed by atoms with E-state index in [9.17, 15) is 14.7 Å². The minimum absolute atomic E-state index is 0.0268. The SMILES string of the molecule is CC1=C[C@@H]2C=CC[C@H](C)[C@@H](O)[C@@H](C)C=CC(=O)O[C@@]23C(=O)N[C@@H](Cc2ccccc2)[C@@H]3[C@@H]1C. The number of allylic oxidation sites excluding steroid dienone is 2. The fourth-order valence-electron chi connectivity index (χ4n) is 5.83. The number of benzene rings is 1. The Labute approximate surface area is 196 Å². The Balaban J connectivity index is 1.77. The first-order valence-corrected chi connectivity index (χ1v) is 12.0. The van der Waals surface area contributed by atoms with Crippen molar-refractivity contribution in [2.24, 2.45) is 29.6 Å². The van der Waals surface area contributed by atoms with Crippen LogP contribution in [0.1, 0.15) is 39.7 Å². The van der Waals surface area contributed by atoms with Crippen LogP contribution in [0.4, 0.5) is 0 Å². The van der Waals surface area contributed by atoms with Crippen LogP contribution in [-0.2, 0) is 20.7 Å². The normalized spacial score (nSPS) is 38.8. The van der Waals surface area contributed by atoms with E-state index in [4.69, 9.17) is 4.74 Å². The number of esters is 1. The van der Waals surface area contributed by atoms with Gasteiger partial charge in [-0.1, -0.05) is 81.0 Å². The summed E-state index contributed by atoms with van der Waals surface area (Å²) in [6.45, 7) is 8.11. The number of hydrogen-bond donors (Lipinski definition) is 2. The summed E-state index contributed by atoms with van der Waals surface area (Å²) in [5.41, 5.74) is 1.04. The van der Waals surface area contributed by atoms with Crippen molar-refractivity contribution >= 4 is 11.9 Å². The first kappa shape index (κ1) is 23.5. The van der Waals surface area contributed by atoms with Gasteiger partial charge >= 0.3 is 5.97 Å². The molecule has 0 radical (unpaired) electrons. The molecule has 1 fully saturated rings. The Morgan fingerprint density at radius 1 is 1.12 bits per heavy atom. The Morgan fingerprint density at radius 3 is 2.58 bits per heavy atom. The monoisotopic (exact) mass is 449 g/mol. The number of nitrogens with one attached hydrogen (secondary N) is 1. The molecule has 176 valence electrons. The van der Waals surface area contributed by atoms with E-state index in [1.165, 1.54) is 11.6 Å². The second kappa shape index (κ2) is 9.30. The third kappa shape index (κ3) is 4.31. The molecule has 2 N–H and O–H groups in total. The number of carbonyl (C=O) groups is 2. The first-order valence-electron chi connectivity index (χ1n) is 12.0. The van der Waals surface area contributed by atoms with Gasteiger partial charge in [-0.25, -0.2) is 4.79 Å². The molecule has 1 amide bonds. The number of amides is 1. The molecule has 0 saturated carbocycles. The highest BCUT2D eigenvalue weighted by Gasteiger charge is 2.64. The summed E-state index contributed by atoms with van der Waals surface area (Å²) < 4.78 is 6.13. The lowest BCUT2D eigenvalue weighted by Gasteiger charge is -2.44. The van der Waals surface area contributed by atoms with Crippen LogP contribution in [0, 0.1) is 29.6 Å². The van der Waals surface area contributed by atoms with E-state index in [0.717, 1.165) is 5.56 Å². The molecular formula is C28H35NO4. The van der Waals surface area contributed by atoms with Gasteiger partial charge in [-0.15, -0.1) is 0 Å². The summed E-state index contributed by atoms with van der Waals surface area (Å²) in [6.07, 6.45) is 9.98. The molecule has 4 rings (SSSR count). The van der Waals surface area contributed by atoms with Gasteiger partial charge in [0.2, 0.25) is 5.60 Å². The highest BCUT2D eigenvalue weighted by atomic mass is 16.6. The minimum atomic E-state index is -1.29. The van der Waals surface area contributed by atoms with E-state index < -0.39 is 17.7 Å². The van der Waals surface area contributed by atoms with E-state index in [2.05, 4.69) is 37.4 Å². The van der Waals surface area contributed by atoms with Crippen LogP contribution in [0.25, 0.3) is 0 Å². The first-order chi connectivity index (χ1) is 15.7. The Kier molecular flexibility index (Phi) is 6.62. The maximum atomic E-state index is 13.6. The quantitative estimate of drug-likeness (QED) is 0.529. The zero-order valence-corrected chi connectivity index (χ0v) is 19.9. The average Bonchev–Trinajstić information content (AvgIpc) is 3.06. The predicted octanol–water partition coefficient (Wildman–Crippen LogP) is 3.99. The molecule has 0 aromatic heterocycles. The Bertz CT molecular complexity index is 981. The van der Waals surface area contributed by atoms with Crippen LogP contribution in [0.15, 0.2) is 66.3 Å². The van der Waals surface area contributed by atoms with E-state index in [-0.39, 0.29) is 41.5 Å².